The maximum atomic E-state index is 11.8. The van der Waals surface area contributed by atoms with Crippen LogP contribution in [0.25, 0.3) is 0 Å². The molecular weight excluding hydrogens is 242 g/mol. The van der Waals surface area contributed by atoms with Crippen molar-refractivity contribution in [2.75, 3.05) is 13.1 Å². The molecule has 1 N–H and O–H groups in total. The van der Waals surface area contributed by atoms with E-state index >= 15 is 0 Å². The molecular formula is C15H17NO3. The second-order valence-corrected chi connectivity index (χ2v) is 4.60. The first-order valence-electron chi connectivity index (χ1n) is 6.48. The number of rotatable bonds is 3. The van der Waals surface area contributed by atoms with Crippen LogP contribution in [0.5, 0.6) is 5.75 Å². The number of aromatic hydroxyl groups is 1. The monoisotopic (exact) mass is 259 g/mol. The lowest BCUT2D eigenvalue weighted by Crippen LogP contribution is -2.34. The van der Waals surface area contributed by atoms with Gasteiger partial charge in [0.05, 0.1) is 5.56 Å². The zero-order chi connectivity index (χ0) is 13.7. The molecule has 1 aromatic carbocycles. The zero-order valence-corrected chi connectivity index (χ0v) is 10.7. The summed E-state index contributed by atoms with van der Waals surface area (Å²) in [6.45, 7) is 1.52. The highest BCUT2D eigenvalue weighted by Crippen LogP contribution is 2.16. The lowest BCUT2D eigenvalue weighted by atomic mass is 10.1. The van der Waals surface area contributed by atoms with Gasteiger partial charge in [-0.1, -0.05) is 12.1 Å². The van der Waals surface area contributed by atoms with Gasteiger partial charge in [-0.3, -0.25) is 9.59 Å². The normalized spacial score (nSPS) is 15.7. The summed E-state index contributed by atoms with van der Waals surface area (Å²) >= 11 is 0. The number of para-hydroxylation sites is 1. The molecule has 100 valence electrons. The topological polar surface area (TPSA) is 57.6 Å². The van der Waals surface area contributed by atoms with Crippen LogP contribution in [0.1, 0.15) is 29.6 Å². The minimum atomic E-state index is -0.358. The number of ketones is 1. The van der Waals surface area contributed by atoms with Gasteiger partial charge in [-0.25, -0.2) is 0 Å². The fourth-order valence-corrected chi connectivity index (χ4v) is 2.14. The molecule has 1 aliphatic rings. The van der Waals surface area contributed by atoms with Gasteiger partial charge in [0, 0.05) is 19.2 Å². The van der Waals surface area contributed by atoms with E-state index in [1.165, 1.54) is 24.3 Å². The van der Waals surface area contributed by atoms with Crippen LogP contribution in [0, 0.1) is 0 Å². The lowest BCUT2D eigenvalue weighted by Gasteiger charge is -2.25. The van der Waals surface area contributed by atoms with Crippen molar-refractivity contribution in [1.82, 2.24) is 4.90 Å². The average molecular weight is 259 g/mol. The Balaban J connectivity index is 2.00. The number of benzene rings is 1. The molecule has 4 heteroatoms. The van der Waals surface area contributed by atoms with Crippen LogP contribution in [-0.4, -0.2) is 34.8 Å². The van der Waals surface area contributed by atoms with E-state index in [2.05, 4.69) is 0 Å². The van der Waals surface area contributed by atoms with Crippen LogP contribution >= 0.6 is 0 Å². The number of carbonyl (C=O) groups is 2. The van der Waals surface area contributed by atoms with Crippen LogP contribution in [0.3, 0.4) is 0 Å². The molecule has 0 spiro atoms. The predicted molar refractivity (Wildman–Crippen MR) is 72.0 cm³/mol. The molecule has 0 unspecified atom stereocenters. The summed E-state index contributed by atoms with van der Waals surface area (Å²) in [5, 5.41) is 9.54. The maximum Gasteiger partial charge on any atom is 0.246 e. The molecule has 0 saturated carbocycles. The molecule has 1 aliphatic heterocycles. The minimum absolute atomic E-state index is 0.0671. The molecule has 0 atom stereocenters. The summed E-state index contributed by atoms with van der Waals surface area (Å²) in [6.07, 6.45) is 5.72. The van der Waals surface area contributed by atoms with Gasteiger partial charge in [0.1, 0.15) is 5.75 Å². The zero-order valence-electron chi connectivity index (χ0n) is 10.7. The summed E-state index contributed by atoms with van der Waals surface area (Å²) in [5.74, 6) is -0.561. The fourth-order valence-electron chi connectivity index (χ4n) is 2.14. The molecule has 1 heterocycles. The van der Waals surface area contributed by atoms with Crippen molar-refractivity contribution in [3.63, 3.8) is 0 Å². The van der Waals surface area contributed by atoms with E-state index in [1.807, 2.05) is 0 Å². The molecule has 0 aliphatic carbocycles. The van der Waals surface area contributed by atoms with Gasteiger partial charge < -0.3 is 10.0 Å². The standard InChI is InChI=1S/C15H17NO3/c17-13-7-3-2-6-12(13)14(18)8-9-15(19)16-10-4-1-5-11-16/h2-3,6-9,17H,1,4-5,10-11H2/b9-8+. The van der Waals surface area contributed by atoms with Gasteiger partial charge in [0.25, 0.3) is 0 Å². The Morgan fingerprint density at radius 1 is 1.05 bits per heavy atom. The van der Waals surface area contributed by atoms with Gasteiger partial charge in [0.2, 0.25) is 5.91 Å². The number of nitrogens with zero attached hydrogens (tertiary/aromatic N) is 1. The smallest absolute Gasteiger partial charge is 0.246 e. The van der Waals surface area contributed by atoms with Gasteiger partial charge in [0.15, 0.2) is 5.78 Å². The van der Waals surface area contributed by atoms with E-state index in [0.717, 1.165) is 32.4 Å². The first kappa shape index (κ1) is 13.3. The number of carbonyl (C=O) groups excluding carboxylic acids is 2. The SMILES string of the molecule is O=C(/C=C/C(=O)N1CCCCC1)c1ccccc1O. The van der Waals surface area contributed by atoms with E-state index in [0.29, 0.717) is 0 Å². The Bertz CT molecular complexity index is 502. The summed E-state index contributed by atoms with van der Waals surface area (Å²) in [4.78, 5) is 25.4. The number of phenolic OH excluding ortho intramolecular Hbond substituents is 1. The average Bonchev–Trinajstić information content (AvgIpc) is 2.46. The van der Waals surface area contributed by atoms with Crippen molar-refractivity contribution in [3.05, 3.63) is 42.0 Å². The Labute approximate surface area is 112 Å². The van der Waals surface area contributed by atoms with Crippen molar-refractivity contribution in [3.8, 4) is 5.75 Å². The molecule has 19 heavy (non-hydrogen) atoms. The Morgan fingerprint density at radius 2 is 1.74 bits per heavy atom. The van der Waals surface area contributed by atoms with E-state index < -0.39 is 0 Å². The second-order valence-electron chi connectivity index (χ2n) is 4.60. The molecule has 0 radical (unpaired) electrons. The largest absolute Gasteiger partial charge is 0.507 e. The van der Waals surface area contributed by atoms with Crippen molar-refractivity contribution < 1.29 is 14.7 Å². The second kappa shape index (κ2) is 6.18. The van der Waals surface area contributed by atoms with Gasteiger partial charge in [-0.05, 0) is 37.5 Å². The Morgan fingerprint density at radius 3 is 2.42 bits per heavy atom. The third kappa shape index (κ3) is 3.44. The number of phenols is 1. The molecule has 2 rings (SSSR count). The molecule has 1 saturated heterocycles. The van der Waals surface area contributed by atoms with E-state index in [-0.39, 0.29) is 23.0 Å². The number of hydrogen-bond donors (Lipinski definition) is 1. The summed E-state index contributed by atoms with van der Waals surface area (Å²) in [5.41, 5.74) is 0.213. The van der Waals surface area contributed by atoms with E-state index in [1.54, 1.807) is 17.0 Å². The van der Waals surface area contributed by atoms with Gasteiger partial charge in [-0.2, -0.15) is 0 Å². The Kier molecular flexibility index (Phi) is 4.34. The molecule has 0 aromatic heterocycles. The predicted octanol–water partition coefficient (Wildman–Crippen LogP) is 2.14. The highest BCUT2D eigenvalue weighted by Gasteiger charge is 2.14. The van der Waals surface area contributed by atoms with Crippen LogP contribution in [0.15, 0.2) is 36.4 Å². The molecule has 4 nitrogen and oxygen atoms in total. The molecule has 1 aromatic rings. The third-order valence-corrected chi connectivity index (χ3v) is 3.21. The maximum absolute atomic E-state index is 11.8. The Hall–Kier alpha value is -2.10. The summed E-state index contributed by atoms with van der Waals surface area (Å²) in [7, 11) is 0. The molecule has 0 bridgehead atoms. The summed E-state index contributed by atoms with van der Waals surface area (Å²) in [6, 6.07) is 6.31. The number of hydrogen-bond acceptors (Lipinski definition) is 3. The molecule has 1 amide bonds. The molecule has 1 fully saturated rings. The fraction of sp³-hybridized carbons (Fsp3) is 0.333. The number of amides is 1. The number of piperidine rings is 1. The van der Waals surface area contributed by atoms with Gasteiger partial charge >= 0.3 is 0 Å². The van der Waals surface area contributed by atoms with Crippen LogP contribution < -0.4 is 0 Å². The highest BCUT2D eigenvalue weighted by atomic mass is 16.3. The van der Waals surface area contributed by atoms with Crippen molar-refractivity contribution in [1.29, 1.82) is 0 Å². The number of allylic oxidation sites excluding steroid dienone is 1. The third-order valence-electron chi connectivity index (χ3n) is 3.21. The first-order chi connectivity index (χ1) is 9.18. The van der Waals surface area contributed by atoms with Crippen LogP contribution in [0.2, 0.25) is 0 Å². The number of likely N-dealkylation sites (tertiary alicyclic amines) is 1. The first-order valence-corrected chi connectivity index (χ1v) is 6.48. The highest BCUT2D eigenvalue weighted by molar-refractivity contribution is 6.09. The van der Waals surface area contributed by atoms with Crippen molar-refractivity contribution in [2.24, 2.45) is 0 Å². The summed E-state index contributed by atoms with van der Waals surface area (Å²) < 4.78 is 0. The van der Waals surface area contributed by atoms with E-state index in [4.69, 9.17) is 0 Å². The van der Waals surface area contributed by atoms with Crippen LogP contribution in [0.4, 0.5) is 0 Å². The van der Waals surface area contributed by atoms with Crippen molar-refractivity contribution >= 4 is 11.7 Å². The van der Waals surface area contributed by atoms with Gasteiger partial charge in [-0.15, -0.1) is 0 Å². The van der Waals surface area contributed by atoms with E-state index in [9.17, 15) is 14.7 Å². The lowest BCUT2D eigenvalue weighted by molar-refractivity contribution is -0.126. The minimum Gasteiger partial charge on any atom is -0.507 e. The van der Waals surface area contributed by atoms with Crippen LogP contribution in [-0.2, 0) is 4.79 Å². The van der Waals surface area contributed by atoms with Crippen molar-refractivity contribution in [2.45, 2.75) is 19.3 Å². The quantitative estimate of drug-likeness (QED) is 0.668.